The lowest BCUT2D eigenvalue weighted by Gasteiger charge is -2.63. The lowest BCUT2D eigenvalue weighted by atomic mass is 9.49. The number of piperidine rings is 1. The van der Waals surface area contributed by atoms with Gasteiger partial charge in [0.05, 0.1) is 16.7 Å². The molecule has 1 unspecified atom stereocenters. The summed E-state index contributed by atoms with van der Waals surface area (Å²) in [6.45, 7) is 2.06. The Morgan fingerprint density at radius 2 is 2.00 bits per heavy atom. The van der Waals surface area contributed by atoms with Crippen LogP contribution in [0.4, 0.5) is 0 Å². The molecule has 4 atom stereocenters. The van der Waals surface area contributed by atoms with Crippen LogP contribution in [0.1, 0.15) is 68.9 Å². The van der Waals surface area contributed by atoms with Crippen molar-refractivity contribution >= 4 is 5.71 Å². The molecule has 31 heavy (non-hydrogen) atoms. The maximum atomic E-state index is 12.4. The van der Waals surface area contributed by atoms with Crippen LogP contribution in [0.2, 0.25) is 0 Å². The van der Waals surface area contributed by atoms with E-state index < -0.39 is 11.0 Å². The lowest BCUT2D eigenvalue weighted by Crippen LogP contribution is -2.76. The molecule has 2 aliphatic heterocycles. The number of nitrogens with zero attached hydrogens (tertiary/aromatic N) is 2. The summed E-state index contributed by atoms with van der Waals surface area (Å²) >= 11 is 0. The molecule has 2 N–H and O–H groups in total. The largest absolute Gasteiger partial charge is 0.504 e. The molecule has 1 saturated heterocycles. The number of benzene rings is 1. The van der Waals surface area contributed by atoms with Gasteiger partial charge < -0.3 is 19.8 Å². The van der Waals surface area contributed by atoms with Crippen molar-refractivity contribution in [1.82, 2.24) is 4.90 Å². The van der Waals surface area contributed by atoms with Gasteiger partial charge in [0, 0.05) is 18.2 Å². The Kier molecular flexibility index (Phi) is 3.86. The van der Waals surface area contributed by atoms with Crippen molar-refractivity contribution in [2.45, 2.75) is 93.5 Å². The van der Waals surface area contributed by atoms with E-state index in [1.54, 1.807) is 6.07 Å². The fourth-order valence-electron chi connectivity index (χ4n) is 7.51. The maximum Gasteiger partial charge on any atom is 0.166 e. The third-order valence-corrected chi connectivity index (χ3v) is 9.20. The van der Waals surface area contributed by atoms with Gasteiger partial charge in [0.25, 0.3) is 0 Å². The SMILES string of the molecule is Oc1ccc2c3c1O[C@H]1C(=NOC4CCCC4)CCC4(O)[C@@H](C2)N(CC2CC2)CC[C@]314. The van der Waals surface area contributed by atoms with E-state index in [9.17, 15) is 10.2 Å². The standard InChI is InChI=1S/C25H32N2O4/c28-19-8-7-16-13-20-25(29)10-9-18(26-31-17-3-1-2-4-17)23-24(25,21(16)22(19)30-23)11-12-27(20)14-15-5-6-15/h7-8,15,17,20,23,28-29H,1-6,9-14H2/t20-,23+,24+,25?/m1/s1. The van der Waals surface area contributed by atoms with E-state index in [4.69, 9.17) is 9.57 Å². The summed E-state index contributed by atoms with van der Waals surface area (Å²) in [7, 11) is 0. The maximum absolute atomic E-state index is 12.4. The van der Waals surface area contributed by atoms with Crippen LogP contribution in [0.3, 0.4) is 0 Å². The van der Waals surface area contributed by atoms with Crippen LogP contribution in [0.5, 0.6) is 11.5 Å². The molecule has 0 radical (unpaired) electrons. The van der Waals surface area contributed by atoms with E-state index in [-0.39, 0.29) is 24.0 Å². The van der Waals surface area contributed by atoms with Gasteiger partial charge in [-0.1, -0.05) is 11.2 Å². The number of phenolic OH excluding ortho intramolecular Hbond substituents is 1. The second kappa shape index (κ2) is 6.38. The smallest absolute Gasteiger partial charge is 0.166 e. The molecule has 0 amide bonds. The number of ether oxygens (including phenoxy) is 1. The summed E-state index contributed by atoms with van der Waals surface area (Å²) in [6, 6.07) is 3.92. The van der Waals surface area contributed by atoms with Crippen molar-refractivity contribution < 1.29 is 19.8 Å². The van der Waals surface area contributed by atoms with Crippen molar-refractivity contribution in [3.8, 4) is 11.5 Å². The third-order valence-electron chi connectivity index (χ3n) is 9.20. The Morgan fingerprint density at radius 3 is 2.81 bits per heavy atom. The number of phenols is 1. The number of aliphatic hydroxyl groups is 1. The first kappa shape index (κ1) is 18.8. The highest BCUT2D eigenvalue weighted by Crippen LogP contribution is 2.65. The minimum atomic E-state index is -0.858. The number of likely N-dealkylation sites (tertiary alicyclic amines) is 1. The minimum absolute atomic E-state index is 0.105. The predicted molar refractivity (Wildman–Crippen MR) is 116 cm³/mol. The molecule has 6 nitrogen and oxygen atoms in total. The fraction of sp³-hybridized carbons (Fsp3) is 0.720. The average molecular weight is 425 g/mol. The molecule has 2 bridgehead atoms. The van der Waals surface area contributed by atoms with Gasteiger partial charge in [0.1, 0.15) is 6.10 Å². The Hall–Kier alpha value is -1.79. The van der Waals surface area contributed by atoms with Gasteiger partial charge in [-0.15, -0.1) is 0 Å². The molecule has 7 rings (SSSR count). The van der Waals surface area contributed by atoms with Gasteiger partial charge in [-0.2, -0.15) is 0 Å². The topological polar surface area (TPSA) is 74.5 Å². The first-order valence-corrected chi connectivity index (χ1v) is 12.3. The molecular formula is C25H32N2O4. The molecule has 1 aromatic carbocycles. The monoisotopic (exact) mass is 424 g/mol. The van der Waals surface area contributed by atoms with Gasteiger partial charge in [-0.3, -0.25) is 4.90 Å². The van der Waals surface area contributed by atoms with Gasteiger partial charge in [0.2, 0.25) is 0 Å². The molecule has 0 aromatic heterocycles. The fourth-order valence-corrected chi connectivity index (χ4v) is 7.51. The van der Waals surface area contributed by atoms with Gasteiger partial charge >= 0.3 is 0 Å². The number of oxime groups is 1. The minimum Gasteiger partial charge on any atom is -0.504 e. The molecule has 4 aliphatic carbocycles. The third kappa shape index (κ3) is 2.44. The molecule has 166 valence electrons. The van der Waals surface area contributed by atoms with Crippen molar-refractivity contribution in [2.75, 3.05) is 13.1 Å². The van der Waals surface area contributed by atoms with E-state index in [1.165, 1.54) is 31.2 Å². The molecule has 3 saturated carbocycles. The lowest BCUT2D eigenvalue weighted by molar-refractivity contribution is -0.167. The Balaban J connectivity index is 1.33. The van der Waals surface area contributed by atoms with Crippen molar-refractivity contribution in [2.24, 2.45) is 11.1 Å². The summed E-state index contributed by atoms with van der Waals surface area (Å²) in [6.07, 6.45) is 10.1. The summed E-state index contributed by atoms with van der Waals surface area (Å²) < 4.78 is 6.49. The number of hydrogen-bond acceptors (Lipinski definition) is 6. The second-order valence-corrected chi connectivity index (χ2v) is 10.8. The van der Waals surface area contributed by atoms with Gasteiger partial charge in [-0.05, 0) is 88.3 Å². The molecule has 1 aromatic rings. The van der Waals surface area contributed by atoms with E-state index >= 15 is 0 Å². The van der Waals surface area contributed by atoms with Crippen LogP contribution in [0.15, 0.2) is 17.3 Å². The van der Waals surface area contributed by atoms with Crippen LogP contribution < -0.4 is 4.74 Å². The zero-order valence-electron chi connectivity index (χ0n) is 18.1. The molecule has 6 aliphatic rings. The summed E-state index contributed by atoms with van der Waals surface area (Å²) in [4.78, 5) is 8.53. The van der Waals surface area contributed by atoms with E-state index in [2.05, 4.69) is 16.1 Å². The highest BCUT2D eigenvalue weighted by molar-refractivity contribution is 5.94. The average Bonchev–Trinajstić information content (AvgIpc) is 3.28. The van der Waals surface area contributed by atoms with E-state index in [0.717, 1.165) is 56.0 Å². The molecule has 1 spiro atoms. The Morgan fingerprint density at radius 1 is 1.16 bits per heavy atom. The van der Waals surface area contributed by atoms with Crippen LogP contribution >= 0.6 is 0 Å². The van der Waals surface area contributed by atoms with E-state index in [0.29, 0.717) is 18.6 Å². The van der Waals surface area contributed by atoms with Gasteiger partial charge in [-0.25, -0.2) is 0 Å². The molecule has 4 fully saturated rings. The van der Waals surface area contributed by atoms with Crippen LogP contribution in [0.25, 0.3) is 0 Å². The molecule has 6 heteroatoms. The van der Waals surface area contributed by atoms with Crippen molar-refractivity contribution in [3.63, 3.8) is 0 Å². The van der Waals surface area contributed by atoms with Crippen LogP contribution in [-0.2, 0) is 16.7 Å². The highest BCUT2D eigenvalue weighted by Gasteiger charge is 2.72. The Labute approximate surface area is 183 Å². The van der Waals surface area contributed by atoms with E-state index in [1.807, 2.05) is 0 Å². The normalized spacial score (nSPS) is 40.1. The van der Waals surface area contributed by atoms with Crippen LogP contribution in [0, 0.1) is 5.92 Å². The zero-order valence-corrected chi connectivity index (χ0v) is 18.1. The second-order valence-electron chi connectivity index (χ2n) is 10.8. The summed E-state index contributed by atoms with van der Waals surface area (Å²) in [5.41, 5.74) is 1.80. The highest BCUT2D eigenvalue weighted by atomic mass is 16.6. The van der Waals surface area contributed by atoms with Crippen molar-refractivity contribution in [3.05, 3.63) is 23.3 Å². The summed E-state index contributed by atoms with van der Waals surface area (Å²) in [5.74, 6) is 1.55. The van der Waals surface area contributed by atoms with Crippen LogP contribution in [-0.4, -0.2) is 57.8 Å². The predicted octanol–water partition coefficient (Wildman–Crippen LogP) is 3.27. The Bertz CT molecular complexity index is 953. The number of hydrogen-bond donors (Lipinski definition) is 2. The zero-order chi connectivity index (χ0) is 20.8. The number of aromatic hydroxyl groups is 1. The summed E-state index contributed by atoms with van der Waals surface area (Å²) in [5, 5.41) is 27.7. The van der Waals surface area contributed by atoms with Crippen molar-refractivity contribution in [1.29, 1.82) is 0 Å². The molecule has 2 heterocycles. The van der Waals surface area contributed by atoms with Gasteiger partial charge in [0.15, 0.2) is 17.6 Å². The number of rotatable bonds is 4. The molecular weight excluding hydrogens is 392 g/mol. The first-order chi connectivity index (χ1) is 15.1. The first-order valence-electron chi connectivity index (χ1n) is 12.3. The quantitative estimate of drug-likeness (QED) is 0.726.